The van der Waals surface area contributed by atoms with E-state index in [4.69, 9.17) is 0 Å². The molecule has 1 aliphatic rings. The van der Waals surface area contributed by atoms with Gasteiger partial charge in [0, 0.05) is 4.47 Å². The van der Waals surface area contributed by atoms with Gasteiger partial charge in [-0.1, -0.05) is 41.1 Å². The highest BCUT2D eigenvalue weighted by Gasteiger charge is 2.27. The van der Waals surface area contributed by atoms with E-state index in [0.717, 1.165) is 25.2 Å². The number of hydrogen-bond acceptors (Lipinski definition) is 1. The van der Waals surface area contributed by atoms with Crippen LogP contribution < -0.4 is 0 Å². The molecule has 1 aromatic carbocycles. The first-order chi connectivity index (χ1) is 7.66. The molecule has 2 rings (SSSR count). The minimum absolute atomic E-state index is 0.108. The van der Waals surface area contributed by atoms with Crippen LogP contribution in [0.25, 0.3) is 0 Å². The first kappa shape index (κ1) is 12.1. The zero-order valence-electron chi connectivity index (χ0n) is 9.70. The van der Waals surface area contributed by atoms with E-state index in [9.17, 15) is 5.11 Å². The lowest BCUT2D eigenvalue weighted by Crippen LogP contribution is -2.29. The van der Waals surface area contributed by atoms with Gasteiger partial charge in [-0.2, -0.15) is 0 Å². The van der Waals surface area contributed by atoms with E-state index in [1.54, 1.807) is 0 Å². The molecule has 88 valence electrons. The van der Waals surface area contributed by atoms with E-state index in [1.165, 1.54) is 16.5 Å². The van der Waals surface area contributed by atoms with Gasteiger partial charge in [-0.15, -0.1) is 0 Å². The highest BCUT2D eigenvalue weighted by molar-refractivity contribution is 9.10. The average Bonchev–Trinajstić information content (AvgIpc) is 2.27. The maximum absolute atomic E-state index is 10.0. The van der Waals surface area contributed by atoms with Gasteiger partial charge in [0.1, 0.15) is 0 Å². The molecule has 1 N–H and O–H groups in total. The van der Waals surface area contributed by atoms with Crippen molar-refractivity contribution < 1.29 is 5.11 Å². The molecular weight excluding hydrogens is 264 g/mol. The van der Waals surface area contributed by atoms with Gasteiger partial charge in [-0.3, -0.25) is 0 Å². The Morgan fingerprint density at radius 3 is 2.81 bits per heavy atom. The molecule has 0 amide bonds. The Kier molecular flexibility index (Phi) is 4.04. The van der Waals surface area contributed by atoms with E-state index >= 15 is 0 Å². The van der Waals surface area contributed by atoms with Crippen LogP contribution >= 0.6 is 15.9 Å². The van der Waals surface area contributed by atoms with Gasteiger partial charge >= 0.3 is 0 Å². The molecule has 2 heteroatoms. The van der Waals surface area contributed by atoms with Crippen molar-refractivity contribution in [1.82, 2.24) is 0 Å². The van der Waals surface area contributed by atoms with Crippen molar-refractivity contribution in [3.8, 4) is 0 Å². The third-order valence-corrected chi connectivity index (χ3v) is 4.42. The predicted molar refractivity (Wildman–Crippen MR) is 70.4 cm³/mol. The number of rotatable bonds is 2. The molecule has 1 aromatic rings. The summed E-state index contributed by atoms with van der Waals surface area (Å²) in [6.07, 6.45) is 4.18. The zero-order valence-corrected chi connectivity index (χ0v) is 11.3. The lowest BCUT2D eigenvalue weighted by atomic mass is 9.77. The number of aliphatic hydroxyl groups is 1. The Hall–Kier alpha value is -0.340. The smallest absolute Gasteiger partial charge is 0.0571 e. The fourth-order valence-corrected chi connectivity index (χ4v) is 3.10. The van der Waals surface area contributed by atoms with Crippen LogP contribution in [0.2, 0.25) is 0 Å². The fraction of sp³-hybridized carbons (Fsp3) is 0.571. The Morgan fingerprint density at radius 1 is 1.31 bits per heavy atom. The van der Waals surface area contributed by atoms with Crippen molar-refractivity contribution in [3.05, 3.63) is 34.3 Å². The van der Waals surface area contributed by atoms with Crippen LogP contribution in [-0.2, 0) is 6.42 Å². The van der Waals surface area contributed by atoms with Gasteiger partial charge in [0.25, 0.3) is 0 Å². The third-order valence-electron chi connectivity index (χ3n) is 3.64. The molecule has 0 radical (unpaired) electrons. The van der Waals surface area contributed by atoms with Crippen LogP contribution in [0.15, 0.2) is 28.7 Å². The summed E-state index contributed by atoms with van der Waals surface area (Å²) in [6, 6.07) is 8.33. The summed E-state index contributed by atoms with van der Waals surface area (Å²) in [6.45, 7) is 2.29. The zero-order chi connectivity index (χ0) is 11.5. The molecule has 3 atom stereocenters. The molecule has 3 unspecified atom stereocenters. The summed E-state index contributed by atoms with van der Waals surface area (Å²) in [5.74, 6) is 1.19. The molecule has 0 aliphatic heterocycles. The number of benzene rings is 1. The van der Waals surface area contributed by atoms with E-state index < -0.39 is 0 Å². The van der Waals surface area contributed by atoms with E-state index in [1.807, 2.05) is 6.07 Å². The third kappa shape index (κ3) is 2.86. The molecule has 16 heavy (non-hydrogen) atoms. The summed E-state index contributed by atoms with van der Waals surface area (Å²) >= 11 is 3.58. The van der Waals surface area contributed by atoms with Crippen molar-refractivity contribution in [1.29, 1.82) is 0 Å². The van der Waals surface area contributed by atoms with Crippen LogP contribution in [0.4, 0.5) is 0 Å². The van der Waals surface area contributed by atoms with E-state index in [0.29, 0.717) is 5.92 Å². The number of aliphatic hydroxyl groups excluding tert-OH is 1. The maximum Gasteiger partial charge on any atom is 0.0571 e. The van der Waals surface area contributed by atoms with Crippen molar-refractivity contribution >= 4 is 15.9 Å². The number of halogens is 1. The minimum Gasteiger partial charge on any atom is -0.393 e. The molecular formula is C14H19BrO. The highest BCUT2D eigenvalue weighted by atomic mass is 79.9. The Balaban J connectivity index is 2.06. The van der Waals surface area contributed by atoms with Crippen LogP contribution in [0.3, 0.4) is 0 Å². The predicted octanol–water partition coefficient (Wildman–Crippen LogP) is 3.79. The monoisotopic (exact) mass is 282 g/mol. The molecule has 0 bridgehead atoms. The molecule has 0 aromatic heterocycles. The van der Waals surface area contributed by atoms with Crippen LogP contribution in [0.1, 0.15) is 31.7 Å². The Morgan fingerprint density at radius 2 is 2.06 bits per heavy atom. The van der Waals surface area contributed by atoms with Gasteiger partial charge in [0.2, 0.25) is 0 Å². The standard InChI is InChI=1S/C14H19BrO/c1-10-6-7-14(16)12(8-10)9-11-4-2-3-5-13(11)15/h2-5,10,12,14,16H,6-9H2,1H3. The maximum atomic E-state index is 10.0. The molecule has 1 aliphatic carbocycles. The Labute approximate surface area is 106 Å². The van der Waals surface area contributed by atoms with Crippen molar-refractivity contribution in [3.63, 3.8) is 0 Å². The van der Waals surface area contributed by atoms with Gasteiger partial charge in [-0.05, 0) is 49.1 Å². The second kappa shape index (κ2) is 5.33. The SMILES string of the molecule is CC1CCC(O)C(Cc2ccccc2Br)C1. The first-order valence-electron chi connectivity index (χ1n) is 6.08. The van der Waals surface area contributed by atoms with Crippen LogP contribution in [0, 0.1) is 11.8 Å². The number of hydrogen-bond donors (Lipinski definition) is 1. The van der Waals surface area contributed by atoms with E-state index in [-0.39, 0.29) is 6.10 Å². The van der Waals surface area contributed by atoms with Gasteiger partial charge in [0.05, 0.1) is 6.10 Å². The summed E-state index contributed by atoms with van der Waals surface area (Å²) in [7, 11) is 0. The largest absolute Gasteiger partial charge is 0.393 e. The molecule has 0 heterocycles. The van der Waals surface area contributed by atoms with Gasteiger partial charge < -0.3 is 5.11 Å². The molecule has 0 saturated heterocycles. The summed E-state index contributed by atoms with van der Waals surface area (Å²) in [5, 5.41) is 10.0. The van der Waals surface area contributed by atoms with Crippen LogP contribution in [-0.4, -0.2) is 11.2 Å². The minimum atomic E-state index is -0.108. The van der Waals surface area contributed by atoms with Gasteiger partial charge in [0.15, 0.2) is 0 Å². The normalized spacial score (nSPS) is 30.3. The molecule has 1 fully saturated rings. The summed E-state index contributed by atoms with van der Waals surface area (Å²) in [4.78, 5) is 0. The van der Waals surface area contributed by atoms with Gasteiger partial charge in [-0.25, -0.2) is 0 Å². The van der Waals surface area contributed by atoms with E-state index in [2.05, 4.69) is 41.1 Å². The summed E-state index contributed by atoms with van der Waals surface area (Å²) < 4.78 is 1.17. The highest BCUT2D eigenvalue weighted by Crippen LogP contribution is 2.32. The molecule has 1 saturated carbocycles. The van der Waals surface area contributed by atoms with Crippen LogP contribution in [0.5, 0.6) is 0 Å². The first-order valence-corrected chi connectivity index (χ1v) is 6.87. The second-order valence-electron chi connectivity index (χ2n) is 5.04. The lowest BCUT2D eigenvalue weighted by molar-refractivity contribution is 0.0519. The van der Waals surface area contributed by atoms with Crippen molar-refractivity contribution in [2.45, 2.75) is 38.7 Å². The Bertz CT molecular complexity index is 350. The quantitative estimate of drug-likeness (QED) is 0.875. The molecule has 0 spiro atoms. The summed E-state index contributed by atoms with van der Waals surface area (Å²) in [5.41, 5.74) is 1.32. The fourth-order valence-electron chi connectivity index (χ4n) is 2.65. The topological polar surface area (TPSA) is 20.2 Å². The van der Waals surface area contributed by atoms with Crippen molar-refractivity contribution in [2.75, 3.05) is 0 Å². The lowest BCUT2D eigenvalue weighted by Gasteiger charge is -2.31. The second-order valence-corrected chi connectivity index (χ2v) is 5.90. The molecule has 1 nitrogen and oxygen atoms in total. The average molecular weight is 283 g/mol. The van der Waals surface area contributed by atoms with Crippen molar-refractivity contribution in [2.24, 2.45) is 11.8 Å².